The zero-order valence-corrected chi connectivity index (χ0v) is 14.9. The normalized spacial score (nSPS) is 18.2. The Bertz CT molecular complexity index is 1030. The minimum atomic E-state index is -0.467. The number of hydrogen-bond acceptors (Lipinski definition) is 3. The lowest BCUT2D eigenvalue weighted by atomic mass is 10.0. The van der Waals surface area contributed by atoms with Crippen LogP contribution in [-0.4, -0.2) is 29.3 Å². The number of carbonyl (C=O) groups excluding carboxylic acids is 2. The summed E-state index contributed by atoms with van der Waals surface area (Å²) in [7, 11) is 0. The van der Waals surface area contributed by atoms with E-state index in [9.17, 15) is 9.59 Å². The van der Waals surface area contributed by atoms with Gasteiger partial charge in [0.15, 0.2) is 5.76 Å². The molecule has 2 heterocycles. The molecule has 5 nitrogen and oxygen atoms in total. The number of anilines is 1. The molecule has 5 rings (SSSR count). The second-order valence-corrected chi connectivity index (χ2v) is 7.24. The standard InChI is InChI=1S/C22H20N2O3/c25-21(18-6-2-12-24(18)22(26)19-7-3-13-27-19)23-17-11-10-15-9-8-14-4-1-5-16(17)20(14)15/h1,3-5,7,10-11,13,18H,2,6,8-9,12H2,(H,23,25)/t18-/m1/s1. The summed E-state index contributed by atoms with van der Waals surface area (Å²) in [4.78, 5) is 27.2. The van der Waals surface area contributed by atoms with E-state index >= 15 is 0 Å². The highest BCUT2D eigenvalue weighted by atomic mass is 16.3. The van der Waals surface area contributed by atoms with E-state index in [0.717, 1.165) is 30.3 Å². The smallest absolute Gasteiger partial charge is 0.290 e. The van der Waals surface area contributed by atoms with Crippen LogP contribution in [0.1, 0.15) is 34.5 Å². The lowest BCUT2D eigenvalue weighted by molar-refractivity contribution is -0.119. The van der Waals surface area contributed by atoms with Gasteiger partial charge in [-0.3, -0.25) is 9.59 Å². The van der Waals surface area contributed by atoms with Gasteiger partial charge in [-0.15, -0.1) is 0 Å². The molecule has 0 unspecified atom stereocenters. The Kier molecular flexibility index (Phi) is 3.74. The van der Waals surface area contributed by atoms with Crippen molar-refractivity contribution in [2.24, 2.45) is 0 Å². The van der Waals surface area contributed by atoms with E-state index < -0.39 is 6.04 Å². The first-order chi connectivity index (χ1) is 13.2. The number of aryl methyl sites for hydroxylation is 2. The number of furan rings is 1. The van der Waals surface area contributed by atoms with Gasteiger partial charge in [-0.2, -0.15) is 0 Å². The summed E-state index contributed by atoms with van der Waals surface area (Å²) >= 11 is 0. The van der Waals surface area contributed by atoms with Crippen molar-refractivity contribution in [3.05, 3.63) is 65.6 Å². The molecule has 1 aliphatic heterocycles. The van der Waals surface area contributed by atoms with Crippen LogP contribution in [-0.2, 0) is 17.6 Å². The van der Waals surface area contributed by atoms with Gasteiger partial charge >= 0.3 is 0 Å². The topological polar surface area (TPSA) is 62.6 Å². The molecule has 136 valence electrons. The fourth-order valence-electron chi connectivity index (χ4n) is 4.40. The molecule has 2 amide bonds. The third-order valence-electron chi connectivity index (χ3n) is 5.68. The number of nitrogens with one attached hydrogen (secondary N) is 1. The van der Waals surface area contributed by atoms with Crippen molar-refractivity contribution in [2.45, 2.75) is 31.7 Å². The molecule has 5 heteroatoms. The molecule has 0 saturated carbocycles. The monoisotopic (exact) mass is 360 g/mol. The van der Waals surface area contributed by atoms with Gasteiger partial charge in [0.1, 0.15) is 6.04 Å². The summed E-state index contributed by atoms with van der Waals surface area (Å²) in [6.45, 7) is 0.571. The molecule has 1 fully saturated rings. The molecule has 0 radical (unpaired) electrons. The molecule has 1 atom stereocenters. The molecular weight excluding hydrogens is 340 g/mol. The summed E-state index contributed by atoms with van der Waals surface area (Å²) in [6, 6.07) is 13.2. The first-order valence-corrected chi connectivity index (χ1v) is 9.41. The van der Waals surface area contributed by atoms with E-state index in [1.165, 1.54) is 22.8 Å². The van der Waals surface area contributed by atoms with Gasteiger partial charge in [0.25, 0.3) is 5.91 Å². The van der Waals surface area contributed by atoms with Crippen LogP contribution in [0.25, 0.3) is 10.8 Å². The third kappa shape index (κ3) is 2.62. The fraction of sp³-hybridized carbons (Fsp3) is 0.273. The number of carbonyl (C=O) groups is 2. The summed E-state index contributed by atoms with van der Waals surface area (Å²) in [5.74, 6) is -0.0794. The van der Waals surface area contributed by atoms with Crippen molar-refractivity contribution in [1.29, 1.82) is 0 Å². The van der Waals surface area contributed by atoms with Crippen molar-refractivity contribution >= 4 is 28.3 Å². The molecule has 27 heavy (non-hydrogen) atoms. The largest absolute Gasteiger partial charge is 0.459 e. The van der Waals surface area contributed by atoms with Crippen LogP contribution in [0.2, 0.25) is 0 Å². The Hall–Kier alpha value is -3.08. The van der Waals surface area contributed by atoms with Crippen molar-refractivity contribution in [3.63, 3.8) is 0 Å². The lowest BCUT2D eigenvalue weighted by Gasteiger charge is -2.23. The zero-order chi connectivity index (χ0) is 18.4. The SMILES string of the molecule is O=C(Nc1ccc2c3c(cccc13)CC2)[C@H]1CCCN1C(=O)c1ccco1. The van der Waals surface area contributed by atoms with Gasteiger partial charge in [-0.1, -0.05) is 24.3 Å². The number of benzene rings is 2. The second-order valence-electron chi connectivity index (χ2n) is 7.24. The van der Waals surface area contributed by atoms with Gasteiger partial charge in [-0.25, -0.2) is 0 Å². The predicted octanol–water partition coefficient (Wildman–Crippen LogP) is 3.77. The molecule has 1 aliphatic carbocycles. The molecule has 2 aromatic carbocycles. The highest BCUT2D eigenvalue weighted by Crippen LogP contribution is 2.35. The molecule has 0 bridgehead atoms. The van der Waals surface area contributed by atoms with Crippen LogP contribution in [0.3, 0.4) is 0 Å². The Morgan fingerprint density at radius 3 is 2.70 bits per heavy atom. The highest BCUT2D eigenvalue weighted by molar-refractivity contribution is 6.07. The average molecular weight is 360 g/mol. The van der Waals surface area contributed by atoms with Crippen molar-refractivity contribution in [3.8, 4) is 0 Å². The van der Waals surface area contributed by atoms with Crippen molar-refractivity contribution < 1.29 is 14.0 Å². The van der Waals surface area contributed by atoms with Gasteiger partial charge < -0.3 is 14.6 Å². The minimum Gasteiger partial charge on any atom is -0.459 e. The van der Waals surface area contributed by atoms with Crippen LogP contribution < -0.4 is 5.32 Å². The Labute approximate surface area is 157 Å². The van der Waals surface area contributed by atoms with E-state index in [1.54, 1.807) is 17.0 Å². The maximum absolute atomic E-state index is 13.0. The van der Waals surface area contributed by atoms with Crippen LogP contribution in [0.15, 0.2) is 53.1 Å². The number of nitrogens with zero attached hydrogens (tertiary/aromatic N) is 1. The summed E-state index contributed by atoms with van der Waals surface area (Å²) < 4.78 is 5.22. The van der Waals surface area contributed by atoms with E-state index in [-0.39, 0.29) is 17.6 Å². The Balaban J connectivity index is 1.42. The number of hydrogen-bond donors (Lipinski definition) is 1. The van der Waals surface area contributed by atoms with Crippen LogP contribution in [0.4, 0.5) is 5.69 Å². The molecule has 1 aromatic heterocycles. The molecule has 0 spiro atoms. The van der Waals surface area contributed by atoms with Gasteiger partial charge in [0.05, 0.1) is 6.26 Å². The molecule has 2 aliphatic rings. The number of rotatable bonds is 3. The molecule has 3 aromatic rings. The van der Waals surface area contributed by atoms with E-state index in [1.807, 2.05) is 12.1 Å². The summed E-state index contributed by atoms with van der Waals surface area (Å²) in [5, 5.41) is 5.43. The second kappa shape index (κ2) is 6.27. The summed E-state index contributed by atoms with van der Waals surface area (Å²) in [6.07, 6.45) is 5.06. The van der Waals surface area contributed by atoms with Gasteiger partial charge in [-0.05, 0) is 60.4 Å². The molecule has 1 saturated heterocycles. The van der Waals surface area contributed by atoms with E-state index in [2.05, 4.69) is 23.5 Å². The summed E-state index contributed by atoms with van der Waals surface area (Å²) in [5.41, 5.74) is 3.50. The van der Waals surface area contributed by atoms with Crippen LogP contribution in [0.5, 0.6) is 0 Å². The van der Waals surface area contributed by atoms with Crippen LogP contribution >= 0.6 is 0 Å². The Morgan fingerprint density at radius 1 is 1.04 bits per heavy atom. The third-order valence-corrected chi connectivity index (χ3v) is 5.68. The van der Waals surface area contributed by atoms with Gasteiger partial charge in [0, 0.05) is 17.6 Å². The number of likely N-dealkylation sites (tertiary alicyclic amines) is 1. The van der Waals surface area contributed by atoms with E-state index in [0.29, 0.717) is 13.0 Å². The molecular formula is C22H20N2O3. The number of amides is 2. The maximum atomic E-state index is 13.0. The first-order valence-electron chi connectivity index (χ1n) is 9.41. The van der Waals surface area contributed by atoms with Crippen LogP contribution in [0, 0.1) is 0 Å². The minimum absolute atomic E-state index is 0.133. The van der Waals surface area contributed by atoms with Gasteiger partial charge in [0.2, 0.25) is 5.91 Å². The molecule has 1 N–H and O–H groups in total. The lowest BCUT2D eigenvalue weighted by Crippen LogP contribution is -2.43. The average Bonchev–Trinajstić information content (AvgIpc) is 3.44. The van der Waals surface area contributed by atoms with E-state index in [4.69, 9.17) is 4.42 Å². The highest BCUT2D eigenvalue weighted by Gasteiger charge is 2.35. The predicted molar refractivity (Wildman–Crippen MR) is 103 cm³/mol. The quantitative estimate of drug-likeness (QED) is 0.773. The maximum Gasteiger partial charge on any atom is 0.290 e. The van der Waals surface area contributed by atoms with Crippen molar-refractivity contribution in [1.82, 2.24) is 4.90 Å². The zero-order valence-electron chi connectivity index (χ0n) is 14.9. The Morgan fingerprint density at radius 2 is 1.89 bits per heavy atom. The van der Waals surface area contributed by atoms with Crippen molar-refractivity contribution in [2.75, 3.05) is 11.9 Å². The first kappa shape index (κ1) is 16.1. The fourth-order valence-corrected chi connectivity index (χ4v) is 4.40.